The van der Waals surface area contributed by atoms with Crippen molar-refractivity contribution in [1.82, 2.24) is 20.4 Å². The number of carbonyl (C=O) groups excluding carboxylic acids is 2. The zero-order valence-corrected chi connectivity index (χ0v) is 14.0. The number of amides is 3. The molecule has 0 aliphatic carbocycles. The molecule has 1 unspecified atom stereocenters. The van der Waals surface area contributed by atoms with Gasteiger partial charge in [-0.2, -0.15) is 4.98 Å². The standard InChI is InChI=1S/C17H20N4O3/c1-4-5-13-18-14(24-20-13)10-21-15(22)17(3,19-16(21)23)12-8-6-11(2)7-9-12/h6-9H,4-5,10H2,1-3H3,(H,19,23). The number of rotatable bonds is 5. The molecule has 0 radical (unpaired) electrons. The lowest BCUT2D eigenvalue weighted by molar-refractivity contribution is -0.131. The highest BCUT2D eigenvalue weighted by atomic mass is 16.5. The van der Waals surface area contributed by atoms with Crippen molar-refractivity contribution in [2.45, 2.75) is 45.7 Å². The fourth-order valence-electron chi connectivity index (χ4n) is 2.74. The van der Waals surface area contributed by atoms with Crippen molar-refractivity contribution in [2.24, 2.45) is 0 Å². The molecule has 3 amide bonds. The first-order chi connectivity index (χ1) is 11.4. The summed E-state index contributed by atoms with van der Waals surface area (Å²) in [6, 6.07) is 7.07. The van der Waals surface area contributed by atoms with Crippen molar-refractivity contribution >= 4 is 11.9 Å². The van der Waals surface area contributed by atoms with Gasteiger partial charge in [-0.25, -0.2) is 4.79 Å². The molecule has 2 aromatic rings. The molecule has 0 saturated carbocycles. The Balaban J connectivity index is 1.81. The number of imide groups is 1. The predicted molar refractivity (Wildman–Crippen MR) is 85.9 cm³/mol. The Kier molecular flexibility index (Phi) is 4.09. The maximum absolute atomic E-state index is 12.8. The lowest BCUT2D eigenvalue weighted by Gasteiger charge is -2.22. The molecule has 1 saturated heterocycles. The lowest BCUT2D eigenvalue weighted by Crippen LogP contribution is -2.40. The third-order valence-electron chi connectivity index (χ3n) is 4.18. The van der Waals surface area contributed by atoms with Crippen molar-refractivity contribution in [1.29, 1.82) is 0 Å². The van der Waals surface area contributed by atoms with E-state index in [2.05, 4.69) is 15.5 Å². The molecule has 0 bridgehead atoms. The number of urea groups is 1. The van der Waals surface area contributed by atoms with Crippen LogP contribution >= 0.6 is 0 Å². The summed E-state index contributed by atoms with van der Waals surface area (Å²) in [5, 5.41) is 6.61. The summed E-state index contributed by atoms with van der Waals surface area (Å²) in [7, 11) is 0. The fourth-order valence-corrected chi connectivity index (χ4v) is 2.74. The van der Waals surface area contributed by atoms with Gasteiger partial charge in [0.1, 0.15) is 12.1 Å². The number of nitrogens with one attached hydrogen (secondary N) is 1. The molecule has 126 valence electrons. The van der Waals surface area contributed by atoms with Gasteiger partial charge in [-0.05, 0) is 25.8 Å². The van der Waals surface area contributed by atoms with Crippen molar-refractivity contribution < 1.29 is 14.1 Å². The van der Waals surface area contributed by atoms with Gasteiger partial charge < -0.3 is 9.84 Å². The summed E-state index contributed by atoms with van der Waals surface area (Å²) in [4.78, 5) is 30.4. The summed E-state index contributed by atoms with van der Waals surface area (Å²) in [6.45, 7) is 5.66. The monoisotopic (exact) mass is 328 g/mol. The number of aryl methyl sites for hydroxylation is 2. The average molecular weight is 328 g/mol. The molecule has 1 aromatic carbocycles. The molecule has 1 fully saturated rings. The predicted octanol–water partition coefficient (Wildman–Crippen LogP) is 2.30. The van der Waals surface area contributed by atoms with Crippen LogP contribution in [0, 0.1) is 6.92 Å². The first kappa shape index (κ1) is 16.2. The number of nitrogens with zero attached hydrogens (tertiary/aromatic N) is 3. The molecule has 3 rings (SSSR count). The van der Waals surface area contributed by atoms with E-state index in [1.54, 1.807) is 6.92 Å². The van der Waals surface area contributed by atoms with Gasteiger partial charge in [0.05, 0.1) is 0 Å². The second-order valence-corrected chi connectivity index (χ2v) is 6.17. The highest BCUT2D eigenvalue weighted by Gasteiger charge is 2.49. The van der Waals surface area contributed by atoms with E-state index in [0.717, 1.165) is 22.4 Å². The van der Waals surface area contributed by atoms with Crippen LogP contribution in [0.15, 0.2) is 28.8 Å². The van der Waals surface area contributed by atoms with Crippen LogP contribution in [0.2, 0.25) is 0 Å². The molecule has 1 atom stereocenters. The van der Waals surface area contributed by atoms with Crippen LogP contribution in [-0.4, -0.2) is 27.0 Å². The van der Waals surface area contributed by atoms with Crippen LogP contribution in [0.5, 0.6) is 0 Å². The van der Waals surface area contributed by atoms with E-state index < -0.39 is 11.6 Å². The zero-order valence-electron chi connectivity index (χ0n) is 14.0. The van der Waals surface area contributed by atoms with Crippen LogP contribution in [0.4, 0.5) is 4.79 Å². The molecule has 7 heteroatoms. The minimum Gasteiger partial charge on any atom is -0.337 e. The van der Waals surface area contributed by atoms with Crippen LogP contribution in [0.3, 0.4) is 0 Å². The van der Waals surface area contributed by atoms with E-state index in [1.165, 1.54) is 0 Å². The highest BCUT2D eigenvalue weighted by Crippen LogP contribution is 2.29. The Hall–Kier alpha value is -2.70. The number of hydrogen-bond donors (Lipinski definition) is 1. The Morgan fingerprint density at radius 1 is 1.25 bits per heavy atom. The Bertz CT molecular complexity index is 768. The summed E-state index contributed by atoms with van der Waals surface area (Å²) in [5.41, 5.74) is 0.744. The minimum atomic E-state index is -1.09. The normalized spacial score (nSPS) is 20.5. The summed E-state index contributed by atoms with van der Waals surface area (Å²) >= 11 is 0. The van der Waals surface area contributed by atoms with Gasteiger partial charge in [0.2, 0.25) is 5.89 Å². The first-order valence-corrected chi connectivity index (χ1v) is 7.96. The van der Waals surface area contributed by atoms with Gasteiger partial charge in [0.15, 0.2) is 5.82 Å². The number of carbonyl (C=O) groups is 2. The van der Waals surface area contributed by atoms with Gasteiger partial charge in [-0.15, -0.1) is 0 Å². The molecule has 1 aromatic heterocycles. The smallest absolute Gasteiger partial charge is 0.325 e. The van der Waals surface area contributed by atoms with E-state index in [-0.39, 0.29) is 18.3 Å². The van der Waals surface area contributed by atoms with E-state index in [4.69, 9.17) is 4.52 Å². The van der Waals surface area contributed by atoms with Gasteiger partial charge in [0.25, 0.3) is 5.91 Å². The van der Waals surface area contributed by atoms with E-state index in [0.29, 0.717) is 12.2 Å². The van der Waals surface area contributed by atoms with Crippen LogP contribution in [0.25, 0.3) is 0 Å². The quantitative estimate of drug-likeness (QED) is 0.851. The minimum absolute atomic E-state index is 0.0250. The van der Waals surface area contributed by atoms with E-state index in [1.807, 2.05) is 38.1 Å². The summed E-state index contributed by atoms with van der Waals surface area (Å²) in [5.74, 6) is 0.516. The van der Waals surface area contributed by atoms with Crippen molar-refractivity contribution in [3.05, 3.63) is 47.1 Å². The molecule has 7 nitrogen and oxygen atoms in total. The average Bonchev–Trinajstić information content (AvgIpc) is 3.07. The third kappa shape index (κ3) is 2.77. The lowest BCUT2D eigenvalue weighted by atomic mass is 9.91. The summed E-state index contributed by atoms with van der Waals surface area (Å²) in [6.07, 6.45) is 1.60. The molecule has 1 aliphatic heterocycles. The topological polar surface area (TPSA) is 88.3 Å². The molecular formula is C17H20N4O3. The van der Waals surface area contributed by atoms with Crippen molar-refractivity contribution in [3.63, 3.8) is 0 Å². The highest BCUT2D eigenvalue weighted by molar-refractivity contribution is 6.07. The van der Waals surface area contributed by atoms with Crippen LogP contribution < -0.4 is 5.32 Å². The van der Waals surface area contributed by atoms with Crippen LogP contribution in [0.1, 0.15) is 43.1 Å². The Morgan fingerprint density at radius 3 is 2.62 bits per heavy atom. The van der Waals surface area contributed by atoms with Crippen molar-refractivity contribution in [2.75, 3.05) is 0 Å². The van der Waals surface area contributed by atoms with Crippen molar-refractivity contribution in [3.8, 4) is 0 Å². The van der Waals surface area contributed by atoms with Crippen LogP contribution in [-0.2, 0) is 23.3 Å². The van der Waals surface area contributed by atoms with Gasteiger partial charge in [0, 0.05) is 6.42 Å². The molecule has 0 spiro atoms. The first-order valence-electron chi connectivity index (χ1n) is 7.96. The number of aromatic nitrogens is 2. The fraction of sp³-hybridized carbons (Fsp3) is 0.412. The third-order valence-corrected chi connectivity index (χ3v) is 4.18. The molecule has 2 heterocycles. The molecular weight excluding hydrogens is 308 g/mol. The summed E-state index contributed by atoms with van der Waals surface area (Å²) < 4.78 is 5.13. The Morgan fingerprint density at radius 2 is 1.96 bits per heavy atom. The number of benzene rings is 1. The molecule has 24 heavy (non-hydrogen) atoms. The van der Waals surface area contributed by atoms with E-state index >= 15 is 0 Å². The molecule has 1 N–H and O–H groups in total. The van der Waals surface area contributed by atoms with Gasteiger partial charge in [-0.3, -0.25) is 9.69 Å². The van der Waals surface area contributed by atoms with E-state index in [9.17, 15) is 9.59 Å². The number of hydrogen-bond acceptors (Lipinski definition) is 5. The maximum Gasteiger partial charge on any atom is 0.325 e. The SMILES string of the molecule is CCCc1noc(CN2C(=O)NC(C)(c3ccc(C)cc3)C2=O)n1. The maximum atomic E-state index is 12.8. The second kappa shape index (κ2) is 6.07. The largest absolute Gasteiger partial charge is 0.337 e. The van der Waals surface area contributed by atoms with Gasteiger partial charge >= 0.3 is 6.03 Å². The zero-order chi connectivity index (χ0) is 17.3. The Labute approximate surface area is 140 Å². The van der Waals surface area contributed by atoms with Gasteiger partial charge in [-0.1, -0.05) is 41.9 Å². The molecule has 1 aliphatic rings. The second-order valence-electron chi connectivity index (χ2n) is 6.17.